The number of carbonyl (C=O) groups excluding carboxylic acids is 1. The molecule has 7 heteroatoms. The molecule has 0 saturated carbocycles. The number of piperidine rings is 1. The highest BCUT2D eigenvalue weighted by Crippen LogP contribution is 2.36. The zero-order valence-corrected chi connectivity index (χ0v) is 14.0. The van der Waals surface area contributed by atoms with E-state index >= 15 is 4.39 Å². The lowest BCUT2D eigenvalue weighted by molar-refractivity contribution is 0.0152. The quantitative estimate of drug-likeness (QED) is 0.724. The number of amides is 1. The molecule has 3 heterocycles. The van der Waals surface area contributed by atoms with E-state index in [-0.39, 0.29) is 24.8 Å². The zero-order chi connectivity index (χ0) is 18.0. The van der Waals surface area contributed by atoms with Gasteiger partial charge in [0.05, 0.1) is 12.1 Å². The van der Waals surface area contributed by atoms with Crippen molar-refractivity contribution in [3.63, 3.8) is 0 Å². The normalized spacial score (nSPS) is 20.1. The fraction of sp³-hybridized carbons (Fsp3) is 0.263. The molecule has 1 fully saturated rings. The van der Waals surface area contributed by atoms with Crippen molar-refractivity contribution in [2.45, 2.75) is 18.5 Å². The minimum absolute atomic E-state index is 0.0833. The van der Waals surface area contributed by atoms with Crippen LogP contribution in [0.25, 0.3) is 11.4 Å². The van der Waals surface area contributed by atoms with Gasteiger partial charge in [0.15, 0.2) is 0 Å². The molecule has 2 aromatic heterocycles. The van der Waals surface area contributed by atoms with Crippen molar-refractivity contribution in [1.29, 1.82) is 0 Å². The molecule has 0 spiro atoms. The maximum atomic E-state index is 15.6. The molecule has 132 valence electrons. The lowest BCUT2D eigenvalue weighted by Crippen LogP contribution is -2.46. The molecule has 4 rings (SSSR count). The van der Waals surface area contributed by atoms with Crippen LogP contribution in [0, 0.1) is 0 Å². The first kappa shape index (κ1) is 16.4. The number of benzene rings is 1. The molecule has 0 N–H and O–H groups in total. The number of rotatable bonds is 3. The molecule has 1 amide bonds. The molecule has 0 aliphatic carbocycles. The lowest BCUT2D eigenvalue weighted by Gasteiger charge is -2.35. The first-order valence-corrected chi connectivity index (χ1v) is 8.43. The summed E-state index contributed by atoms with van der Waals surface area (Å²) in [6.07, 6.45) is 3.83. The Morgan fingerprint density at radius 3 is 2.81 bits per heavy atom. The van der Waals surface area contributed by atoms with Gasteiger partial charge in [-0.25, -0.2) is 4.39 Å². The van der Waals surface area contributed by atoms with E-state index < -0.39 is 5.67 Å². The number of likely N-dealkylation sites (tertiary alicyclic amines) is 1. The monoisotopic (exact) mass is 352 g/mol. The number of alkyl halides is 1. The van der Waals surface area contributed by atoms with Gasteiger partial charge in [-0.05, 0) is 25.0 Å². The van der Waals surface area contributed by atoms with Gasteiger partial charge in [0.1, 0.15) is 0 Å². The summed E-state index contributed by atoms with van der Waals surface area (Å²) in [4.78, 5) is 22.3. The Bertz CT molecular complexity index is 900. The molecule has 6 nitrogen and oxygen atoms in total. The number of pyridine rings is 1. The van der Waals surface area contributed by atoms with Gasteiger partial charge in [-0.1, -0.05) is 35.5 Å². The van der Waals surface area contributed by atoms with E-state index in [0.717, 1.165) is 5.56 Å². The Kier molecular flexibility index (Phi) is 4.20. The maximum Gasteiger partial charge on any atom is 0.266 e. The Balaban J connectivity index is 1.56. The molecule has 1 saturated heterocycles. The Hall–Kier alpha value is -3.09. The predicted octanol–water partition coefficient (Wildman–Crippen LogP) is 3.23. The summed E-state index contributed by atoms with van der Waals surface area (Å²) in [6, 6.07) is 12.6. The third kappa shape index (κ3) is 3.08. The van der Waals surface area contributed by atoms with Crippen LogP contribution in [0.5, 0.6) is 0 Å². The number of nitrogens with zero attached hydrogens (tertiary/aromatic N) is 4. The summed E-state index contributed by atoms with van der Waals surface area (Å²) in [5.41, 5.74) is -0.659. The number of aromatic nitrogens is 3. The highest BCUT2D eigenvalue weighted by atomic mass is 19.1. The summed E-state index contributed by atoms with van der Waals surface area (Å²) >= 11 is 0. The molecular weight excluding hydrogens is 335 g/mol. The number of hydrogen-bond acceptors (Lipinski definition) is 5. The Labute approximate surface area is 149 Å². The van der Waals surface area contributed by atoms with E-state index in [4.69, 9.17) is 4.52 Å². The minimum atomic E-state index is -1.85. The number of carbonyl (C=O) groups is 1. The molecule has 0 radical (unpaired) electrons. The standard InChI is InChI=1S/C19H17FN4O2/c20-19(18-22-16(23-26-18)14-6-2-1-3-7-14)9-5-11-24(13-19)17(25)15-8-4-10-21-12-15/h1-4,6-8,10,12H,5,9,11,13H2. The maximum absolute atomic E-state index is 15.6. The van der Waals surface area contributed by atoms with Gasteiger partial charge in [-0.2, -0.15) is 4.98 Å². The van der Waals surface area contributed by atoms with Crippen molar-refractivity contribution >= 4 is 5.91 Å². The van der Waals surface area contributed by atoms with Crippen molar-refractivity contribution in [3.05, 3.63) is 66.3 Å². The van der Waals surface area contributed by atoms with Crippen molar-refractivity contribution in [2.24, 2.45) is 0 Å². The van der Waals surface area contributed by atoms with Crippen molar-refractivity contribution in [3.8, 4) is 11.4 Å². The molecule has 0 bridgehead atoms. The highest BCUT2D eigenvalue weighted by Gasteiger charge is 2.44. The van der Waals surface area contributed by atoms with E-state index in [0.29, 0.717) is 24.4 Å². The molecule has 3 aromatic rings. The largest absolute Gasteiger partial charge is 0.335 e. The van der Waals surface area contributed by atoms with Gasteiger partial charge < -0.3 is 9.42 Å². The van der Waals surface area contributed by atoms with Gasteiger partial charge in [0, 0.05) is 24.5 Å². The molecule has 1 aliphatic rings. The predicted molar refractivity (Wildman–Crippen MR) is 91.9 cm³/mol. The number of halogens is 1. The SMILES string of the molecule is O=C(c1cccnc1)N1CCCC(F)(c2nc(-c3ccccc3)no2)C1. The molecule has 1 aromatic carbocycles. The molecular formula is C19H17FN4O2. The van der Waals surface area contributed by atoms with Crippen molar-refractivity contribution in [1.82, 2.24) is 20.0 Å². The lowest BCUT2D eigenvalue weighted by atomic mass is 9.94. The Morgan fingerprint density at radius 2 is 2.04 bits per heavy atom. The molecule has 1 atom stereocenters. The van der Waals surface area contributed by atoms with Gasteiger partial charge in [-0.3, -0.25) is 9.78 Å². The summed E-state index contributed by atoms with van der Waals surface area (Å²) in [7, 11) is 0. The van der Waals surface area contributed by atoms with Gasteiger partial charge in [0.2, 0.25) is 11.5 Å². The molecule has 26 heavy (non-hydrogen) atoms. The van der Waals surface area contributed by atoms with Crippen LogP contribution >= 0.6 is 0 Å². The van der Waals surface area contributed by atoms with Crippen molar-refractivity contribution < 1.29 is 13.7 Å². The number of hydrogen-bond donors (Lipinski definition) is 0. The second-order valence-corrected chi connectivity index (χ2v) is 6.33. The molecule has 1 aliphatic heterocycles. The average Bonchev–Trinajstić information content (AvgIpc) is 3.20. The van der Waals surface area contributed by atoms with Crippen LogP contribution in [0.15, 0.2) is 59.4 Å². The van der Waals surface area contributed by atoms with E-state index in [1.807, 2.05) is 30.3 Å². The van der Waals surface area contributed by atoms with E-state index in [9.17, 15) is 4.79 Å². The first-order valence-electron chi connectivity index (χ1n) is 8.43. The fourth-order valence-electron chi connectivity index (χ4n) is 3.14. The van der Waals surface area contributed by atoms with Crippen molar-refractivity contribution in [2.75, 3.05) is 13.1 Å². The second kappa shape index (κ2) is 6.67. The minimum Gasteiger partial charge on any atom is -0.335 e. The second-order valence-electron chi connectivity index (χ2n) is 6.33. The van der Waals surface area contributed by atoms with Gasteiger partial charge in [0.25, 0.3) is 11.8 Å². The molecule has 1 unspecified atom stereocenters. The van der Waals surface area contributed by atoms with E-state index in [1.54, 1.807) is 18.3 Å². The smallest absolute Gasteiger partial charge is 0.266 e. The third-order valence-corrected chi connectivity index (χ3v) is 4.48. The van der Waals surface area contributed by atoms with E-state index in [2.05, 4.69) is 15.1 Å². The third-order valence-electron chi connectivity index (χ3n) is 4.48. The van der Waals surface area contributed by atoms with Crippen LogP contribution in [-0.4, -0.2) is 39.0 Å². The fourth-order valence-corrected chi connectivity index (χ4v) is 3.14. The van der Waals surface area contributed by atoms with Crippen LogP contribution in [0.2, 0.25) is 0 Å². The zero-order valence-electron chi connectivity index (χ0n) is 14.0. The van der Waals surface area contributed by atoms with Crippen LogP contribution in [0.3, 0.4) is 0 Å². The first-order chi connectivity index (χ1) is 12.7. The van der Waals surface area contributed by atoms with E-state index in [1.165, 1.54) is 11.1 Å². The van der Waals surface area contributed by atoms with Gasteiger partial charge >= 0.3 is 0 Å². The highest BCUT2D eigenvalue weighted by molar-refractivity contribution is 5.94. The summed E-state index contributed by atoms with van der Waals surface area (Å²) in [5.74, 6) is 0.0102. The summed E-state index contributed by atoms with van der Waals surface area (Å²) in [5, 5.41) is 3.90. The van der Waals surface area contributed by atoms with Crippen LogP contribution in [0.4, 0.5) is 4.39 Å². The van der Waals surface area contributed by atoms with Crippen LogP contribution in [0.1, 0.15) is 29.1 Å². The topological polar surface area (TPSA) is 72.1 Å². The summed E-state index contributed by atoms with van der Waals surface area (Å²) in [6.45, 7) is 0.371. The van der Waals surface area contributed by atoms with Crippen LogP contribution in [-0.2, 0) is 5.67 Å². The summed E-state index contributed by atoms with van der Waals surface area (Å²) < 4.78 is 20.8. The Morgan fingerprint density at radius 1 is 1.19 bits per heavy atom. The van der Waals surface area contributed by atoms with Crippen LogP contribution < -0.4 is 0 Å². The van der Waals surface area contributed by atoms with Gasteiger partial charge in [-0.15, -0.1) is 0 Å². The average molecular weight is 352 g/mol.